The fourth-order valence-corrected chi connectivity index (χ4v) is 3.27. The van der Waals surface area contributed by atoms with E-state index in [1.165, 1.54) is 18.7 Å². The summed E-state index contributed by atoms with van der Waals surface area (Å²) >= 11 is 1.82. The van der Waals surface area contributed by atoms with Crippen LogP contribution in [-0.2, 0) is 14.4 Å². The van der Waals surface area contributed by atoms with E-state index < -0.39 is 12.0 Å². The number of amides is 2. The Balaban J connectivity index is 2.66. The van der Waals surface area contributed by atoms with Crippen molar-refractivity contribution in [3.8, 4) is 0 Å². The minimum atomic E-state index is -1.02. The molecule has 114 valence electrons. The second-order valence-electron chi connectivity index (χ2n) is 4.92. The molecule has 1 heterocycles. The summed E-state index contributed by atoms with van der Waals surface area (Å²) < 4.78 is 0. The fraction of sp³-hybridized carbons (Fsp3) is 0.769. The van der Waals surface area contributed by atoms with E-state index in [0.29, 0.717) is 0 Å². The molecule has 0 bridgehead atoms. The van der Waals surface area contributed by atoms with Crippen LogP contribution in [0.15, 0.2) is 0 Å². The maximum atomic E-state index is 12.5. The first kappa shape index (κ1) is 16.8. The number of nitrogens with zero attached hydrogens (tertiary/aromatic N) is 1. The topological polar surface area (TPSA) is 86.7 Å². The molecule has 0 spiro atoms. The maximum Gasteiger partial charge on any atom is 0.326 e. The molecule has 1 saturated heterocycles. The maximum absolute atomic E-state index is 12.5. The number of carbonyl (C=O) groups excluding carboxylic acids is 2. The first-order chi connectivity index (χ1) is 9.43. The van der Waals surface area contributed by atoms with Crippen molar-refractivity contribution >= 4 is 29.5 Å². The molecule has 0 radical (unpaired) electrons. The van der Waals surface area contributed by atoms with Gasteiger partial charge < -0.3 is 15.3 Å². The van der Waals surface area contributed by atoms with Crippen molar-refractivity contribution in [1.82, 2.24) is 10.2 Å². The van der Waals surface area contributed by atoms with Crippen molar-refractivity contribution in [2.45, 2.75) is 32.7 Å². The molecule has 0 aromatic rings. The van der Waals surface area contributed by atoms with Crippen LogP contribution in [0, 0.1) is 5.92 Å². The highest BCUT2D eigenvalue weighted by atomic mass is 32.2. The molecule has 1 rings (SSSR count). The number of thioether (sulfide) groups is 1. The summed E-state index contributed by atoms with van der Waals surface area (Å²) in [7, 11) is 0. The van der Waals surface area contributed by atoms with Gasteiger partial charge >= 0.3 is 5.97 Å². The monoisotopic (exact) mass is 302 g/mol. The molecular formula is C13H22N2O4S. The van der Waals surface area contributed by atoms with Crippen LogP contribution in [0.2, 0.25) is 0 Å². The Morgan fingerprint density at radius 1 is 1.35 bits per heavy atom. The van der Waals surface area contributed by atoms with Gasteiger partial charge in [-0.1, -0.05) is 0 Å². The van der Waals surface area contributed by atoms with Crippen LogP contribution in [0.5, 0.6) is 0 Å². The minimum absolute atomic E-state index is 0.0876. The molecule has 20 heavy (non-hydrogen) atoms. The quantitative estimate of drug-likeness (QED) is 0.749. The number of carboxylic acid groups (broad SMARTS) is 1. The SMILES string of the molecule is CC(=O)NCCN(C(=O)C1CCSCC1)C(C)C(=O)O. The van der Waals surface area contributed by atoms with Gasteiger partial charge in [0.1, 0.15) is 6.04 Å². The van der Waals surface area contributed by atoms with Crippen molar-refractivity contribution in [3.63, 3.8) is 0 Å². The molecule has 6 nitrogen and oxygen atoms in total. The molecule has 1 aliphatic rings. The zero-order valence-corrected chi connectivity index (χ0v) is 12.7. The van der Waals surface area contributed by atoms with Gasteiger partial charge in [0.15, 0.2) is 0 Å². The molecule has 0 saturated carbocycles. The smallest absolute Gasteiger partial charge is 0.326 e. The van der Waals surface area contributed by atoms with E-state index in [2.05, 4.69) is 5.32 Å². The molecule has 1 aliphatic heterocycles. The highest BCUT2D eigenvalue weighted by Crippen LogP contribution is 2.25. The Labute approximate surface area is 123 Å². The highest BCUT2D eigenvalue weighted by molar-refractivity contribution is 7.99. The predicted molar refractivity (Wildman–Crippen MR) is 77.5 cm³/mol. The van der Waals surface area contributed by atoms with Crippen LogP contribution < -0.4 is 5.32 Å². The van der Waals surface area contributed by atoms with Gasteiger partial charge in [-0.25, -0.2) is 4.79 Å². The first-order valence-corrected chi connectivity index (χ1v) is 7.94. The van der Waals surface area contributed by atoms with Gasteiger partial charge in [0.05, 0.1) is 0 Å². The average Bonchev–Trinajstić information content (AvgIpc) is 2.43. The van der Waals surface area contributed by atoms with Crippen molar-refractivity contribution in [2.24, 2.45) is 5.92 Å². The number of aliphatic carboxylic acids is 1. The third kappa shape index (κ3) is 5.03. The lowest BCUT2D eigenvalue weighted by Crippen LogP contribution is -2.49. The number of carbonyl (C=O) groups is 3. The van der Waals surface area contributed by atoms with Crippen LogP contribution >= 0.6 is 11.8 Å². The molecule has 0 aromatic carbocycles. The number of hydrogen-bond donors (Lipinski definition) is 2. The summed E-state index contributed by atoms with van der Waals surface area (Å²) in [6.07, 6.45) is 1.60. The molecule has 2 amide bonds. The van der Waals surface area contributed by atoms with E-state index in [4.69, 9.17) is 5.11 Å². The molecule has 2 N–H and O–H groups in total. The number of rotatable bonds is 6. The van der Waals surface area contributed by atoms with Crippen LogP contribution in [0.3, 0.4) is 0 Å². The Hall–Kier alpha value is -1.24. The largest absolute Gasteiger partial charge is 0.480 e. The second kappa shape index (κ2) is 8.14. The van der Waals surface area contributed by atoms with Crippen LogP contribution in [0.1, 0.15) is 26.7 Å². The van der Waals surface area contributed by atoms with Crippen LogP contribution in [0.25, 0.3) is 0 Å². The summed E-state index contributed by atoms with van der Waals surface area (Å²) in [5.41, 5.74) is 0. The van der Waals surface area contributed by atoms with Crippen molar-refractivity contribution in [1.29, 1.82) is 0 Å². The number of hydrogen-bond acceptors (Lipinski definition) is 4. The second-order valence-corrected chi connectivity index (χ2v) is 6.14. The molecule has 7 heteroatoms. The third-order valence-electron chi connectivity index (χ3n) is 3.41. The first-order valence-electron chi connectivity index (χ1n) is 6.79. The van der Waals surface area contributed by atoms with E-state index in [0.717, 1.165) is 24.3 Å². The summed E-state index contributed by atoms with van der Waals surface area (Å²) in [6.45, 7) is 3.41. The van der Waals surface area contributed by atoms with Crippen LogP contribution in [-0.4, -0.2) is 58.4 Å². The average molecular weight is 302 g/mol. The molecule has 0 aliphatic carbocycles. The summed E-state index contributed by atoms with van der Waals surface area (Å²) in [6, 6.07) is -0.870. The van der Waals surface area contributed by atoms with E-state index >= 15 is 0 Å². The van der Waals surface area contributed by atoms with Gasteiger partial charge in [-0.2, -0.15) is 11.8 Å². The Bertz CT molecular complexity index is 369. The predicted octanol–water partition coefficient (Wildman–Crippen LogP) is 0.567. The molecule has 1 unspecified atom stereocenters. The highest BCUT2D eigenvalue weighted by Gasteiger charge is 2.31. The molecule has 1 fully saturated rings. The summed E-state index contributed by atoms with van der Waals surface area (Å²) in [5, 5.41) is 11.7. The van der Waals surface area contributed by atoms with Gasteiger partial charge in [-0.05, 0) is 31.3 Å². The van der Waals surface area contributed by atoms with Crippen molar-refractivity contribution in [3.05, 3.63) is 0 Å². The van der Waals surface area contributed by atoms with E-state index in [9.17, 15) is 14.4 Å². The van der Waals surface area contributed by atoms with Crippen molar-refractivity contribution in [2.75, 3.05) is 24.6 Å². The van der Waals surface area contributed by atoms with E-state index in [1.807, 2.05) is 11.8 Å². The third-order valence-corrected chi connectivity index (χ3v) is 4.45. The lowest BCUT2D eigenvalue weighted by molar-refractivity contribution is -0.151. The number of carboxylic acids is 1. The number of nitrogens with one attached hydrogen (secondary N) is 1. The van der Waals surface area contributed by atoms with Gasteiger partial charge in [0, 0.05) is 25.9 Å². The Morgan fingerprint density at radius 3 is 2.45 bits per heavy atom. The Kier molecular flexibility index (Phi) is 6.84. The summed E-state index contributed by atoms with van der Waals surface area (Å²) in [4.78, 5) is 35.8. The zero-order chi connectivity index (χ0) is 15.1. The lowest BCUT2D eigenvalue weighted by atomic mass is 10.00. The normalized spacial score (nSPS) is 17.3. The van der Waals surface area contributed by atoms with Gasteiger partial charge in [0.25, 0.3) is 0 Å². The Morgan fingerprint density at radius 2 is 1.95 bits per heavy atom. The van der Waals surface area contributed by atoms with Gasteiger partial charge in [-0.15, -0.1) is 0 Å². The summed E-state index contributed by atoms with van der Waals surface area (Å²) in [5.74, 6) is 0.483. The molecule has 1 atom stereocenters. The van der Waals surface area contributed by atoms with Crippen LogP contribution in [0.4, 0.5) is 0 Å². The van der Waals surface area contributed by atoms with Gasteiger partial charge in [-0.3, -0.25) is 9.59 Å². The van der Waals surface area contributed by atoms with Gasteiger partial charge in [0.2, 0.25) is 11.8 Å². The fourth-order valence-electron chi connectivity index (χ4n) is 2.16. The van der Waals surface area contributed by atoms with E-state index in [-0.39, 0.29) is 30.8 Å². The van der Waals surface area contributed by atoms with Crippen molar-refractivity contribution < 1.29 is 19.5 Å². The lowest BCUT2D eigenvalue weighted by Gasteiger charge is -2.31. The standard InChI is InChI=1S/C13H22N2O4S/c1-9(13(18)19)15(6-5-14-10(2)16)12(17)11-3-7-20-8-4-11/h9,11H,3-8H2,1-2H3,(H,14,16)(H,18,19). The molecule has 0 aromatic heterocycles. The minimum Gasteiger partial charge on any atom is -0.480 e. The molecular weight excluding hydrogens is 280 g/mol. The van der Waals surface area contributed by atoms with E-state index in [1.54, 1.807) is 0 Å². The zero-order valence-electron chi connectivity index (χ0n) is 11.9.